The van der Waals surface area contributed by atoms with Crippen LogP contribution >= 0.6 is 31.9 Å². The number of hydrogen-bond donors (Lipinski definition) is 1. The molecular weight excluding hydrogens is 310 g/mol. The van der Waals surface area contributed by atoms with E-state index in [2.05, 4.69) is 31.9 Å². The summed E-state index contributed by atoms with van der Waals surface area (Å²) in [7, 11) is 0. The number of nitrogens with two attached hydrogens (primary N) is 1. The molecule has 0 aliphatic rings. The average Bonchev–Trinajstić information content (AvgIpc) is 2.16. The Kier molecular flexibility index (Phi) is 3.89. The molecule has 0 saturated heterocycles. The predicted molar refractivity (Wildman–Crippen MR) is 65.3 cm³/mol. The second kappa shape index (κ2) is 4.75. The highest BCUT2D eigenvalue weighted by Gasteiger charge is 2.25. The summed E-state index contributed by atoms with van der Waals surface area (Å²) in [6, 6.07) is 9.66. The molecule has 0 aromatic heterocycles. The molecule has 2 N–H and O–H groups in total. The third kappa shape index (κ3) is 3.27. The van der Waals surface area contributed by atoms with E-state index in [1.54, 1.807) is 6.08 Å². The topological polar surface area (TPSA) is 43.1 Å². The molecule has 1 aromatic rings. The first-order valence-corrected chi connectivity index (χ1v) is 5.53. The zero-order chi connectivity index (χ0) is 10.6. The fourth-order valence-electron chi connectivity index (χ4n) is 0.847. The first-order valence-electron chi connectivity index (χ1n) is 3.94. The van der Waals surface area contributed by atoms with Crippen LogP contribution in [-0.4, -0.2) is 9.14 Å². The minimum Gasteiger partial charge on any atom is -0.367 e. The van der Waals surface area contributed by atoms with Crippen LogP contribution in [0.5, 0.6) is 0 Å². The monoisotopic (exact) mass is 317 g/mol. The molecule has 0 aliphatic carbocycles. The van der Waals surface area contributed by atoms with Crippen LogP contribution in [0.4, 0.5) is 0 Å². The van der Waals surface area contributed by atoms with Crippen molar-refractivity contribution in [1.82, 2.24) is 0 Å². The average molecular weight is 319 g/mol. The molecule has 4 heteroatoms. The molecule has 1 aromatic carbocycles. The minimum atomic E-state index is -0.962. The van der Waals surface area contributed by atoms with Crippen molar-refractivity contribution in [1.29, 1.82) is 0 Å². The lowest BCUT2D eigenvalue weighted by Gasteiger charge is -2.09. The van der Waals surface area contributed by atoms with Crippen molar-refractivity contribution >= 4 is 43.8 Å². The molecule has 0 aliphatic heterocycles. The van der Waals surface area contributed by atoms with Crippen LogP contribution in [0.3, 0.4) is 0 Å². The van der Waals surface area contributed by atoms with E-state index in [0.717, 1.165) is 5.56 Å². The fraction of sp³-hybridized carbons (Fsp3) is 0.100. The van der Waals surface area contributed by atoms with Crippen LogP contribution in [0.1, 0.15) is 5.56 Å². The van der Waals surface area contributed by atoms with Crippen LogP contribution in [-0.2, 0) is 4.79 Å². The van der Waals surface area contributed by atoms with Crippen LogP contribution in [0, 0.1) is 0 Å². The molecular formula is C10H9Br2NO. The van der Waals surface area contributed by atoms with Gasteiger partial charge in [0, 0.05) is 0 Å². The minimum absolute atomic E-state index is 0.482. The number of carbonyl (C=O) groups is 1. The summed E-state index contributed by atoms with van der Waals surface area (Å²) in [4.78, 5) is 10.9. The van der Waals surface area contributed by atoms with Gasteiger partial charge in [0.2, 0.25) is 5.91 Å². The van der Waals surface area contributed by atoms with Gasteiger partial charge in [-0.15, -0.1) is 0 Å². The van der Waals surface area contributed by atoms with Gasteiger partial charge >= 0.3 is 0 Å². The molecule has 0 atom stereocenters. The zero-order valence-corrected chi connectivity index (χ0v) is 10.5. The summed E-state index contributed by atoms with van der Waals surface area (Å²) in [6.07, 6.45) is 3.47. The molecule has 1 amide bonds. The highest BCUT2D eigenvalue weighted by atomic mass is 79.9. The summed E-state index contributed by atoms with van der Waals surface area (Å²) in [5.41, 5.74) is 6.16. The van der Waals surface area contributed by atoms with E-state index in [0.29, 0.717) is 0 Å². The second-order valence-electron chi connectivity index (χ2n) is 2.73. The van der Waals surface area contributed by atoms with Gasteiger partial charge in [-0.3, -0.25) is 4.79 Å². The maximum atomic E-state index is 10.9. The summed E-state index contributed by atoms with van der Waals surface area (Å²) in [6.45, 7) is 0. The van der Waals surface area contributed by atoms with Crippen LogP contribution < -0.4 is 5.73 Å². The number of carbonyl (C=O) groups excluding carboxylic acids is 1. The van der Waals surface area contributed by atoms with Gasteiger partial charge in [0.05, 0.1) is 0 Å². The van der Waals surface area contributed by atoms with Crippen LogP contribution in [0.25, 0.3) is 6.08 Å². The Balaban J connectivity index is 2.79. The molecule has 74 valence electrons. The van der Waals surface area contributed by atoms with E-state index in [9.17, 15) is 4.79 Å². The largest absolute Gasteiger partial charge is 0.367 e. The number of rotatable bonds is 3. The van der Waals surface area contributed by atoms with E-state index in [4.69, 9.17) is 5.73 Å². The van der Waals surface area contributed by atoms with Crippen molar-refractivity contribution < 1.29 is 4.79 Å². The quantitative estimate of drug-likeness (QED) is 0.855. The third-order valence-electron chi connectivity index (χ3n) is 1.61. The van der Waals surface area contributed by atoms with Crippen molar-refractivity contribution in [2.24, 2.45) is 5.73 Å². The fourth-order valence-corrected chi connectivity index (χ4v) is 1.11. The Morgan fingerprint density at radius 2 is 1.86 bits per heavy atom. The van der Waals surface area contributed by atoms with E-state index in [1.807, 2.05) is 36.4 Å². The molecule has 0 saturated carbocycles. The summed E-state index contributed by atoms with van der Waals surface area (Å²) >= 11 is 6.32. The number of alkyl halides is 2. The van der Waals surface area contributed by atoms with Gasteiger partial charge < -0.3 is 5.73 Å². The maximum absolute atomic E-state index is 10.9. The Labute approximate surface area is 99.4 Å². The summed E-state index contributed by atoms with van der Waals surface area (Å²) < 4.78 is -0.962. The molecule has 2 nitrogen and oxygen atoms in total. The molecule has 0 radical (unpaired) electrons. The SMILES string of the molecule is NC(=O)C(Br)(Br)C=Cc1ccccc1. The highest BCUT2D eigenvalue weighted by Crippen LogP contribution is 2.28. The molecule has 1 rings (SSSR count). The van der Waals surface area contributed by atoms with Crippen molar-refractivity contribution in [3.8, 4) is 0 Å². The smallest absolute Gasteiger partial charge is 0.249 e. The predicted octanol–water partition coefficient (Wildman–Crippen LogP) is 2.67. The number of primary amides is 1. The van der Waals surface area contributed by atoms with Crippen LogP contribution in [0.2, 0.25) is 0 Å². The molecule has 0 fully saturated rings. The van der Waals surface area contributed by atoms with Crippen molar-refractivity contribution in [3.63, 3.8) is 0 Å². The molecule has 0 bridgehead atoms. The maximum Gasteiger partial charge on any atom is 0.249 e. The number of halogens is 2. The first kappa shape index (κ1) is 11.5. The Hall–Kier alpha value is -0.610. The highest BCUT2D eigenvalue weighted by molar-refractivity contribution is 9.26. The zero-order valence-electron chi connectivity index (χ0n) is 7.28. The number of amides is 1. The van der Waals surface area contributed by atoms with Crippen molar-refractivity contribution in [3.05, 3.63) is 42.0 Å². The normalized spacial score (nSPS) is 11.9. The Morgan fingerprint density at radius 1 is 1.29 bits per heavy atom. The molecule has 0 unspecified atom stereocenters. The molecule has 0 heterocycles. The Bertz CT molecular complexity index is 346. The van der Waals surface area contributed by atoms with Gasteiger partial charge in [0.25, 0.3) is 0 Å². The molecule has 14 heavy (non-hydrogen) atoms. The van der Waals surface area contributed by atoms with E-state index in [1.165, 1.54) is 0 Å². The van der Waals surface area contributed by atoms with E-state index < -0.39 is 9.14 Å². The Morgan fingerprint density at radius 3 is 2.36 bits per heavy atom. The van der Waals surface area contributed by atoms with E-state index >= 15 is 0 Å². The lowest BCUT2D eigenvalue weighted by atomic mass is 10.2. The van der Waals surface area contributed by atoms with Crippen LogP contribution in [0.15, 0.2) is 36.4 Å². The number of hydrogen-bond acceptors (Lipinski definition) is 1. The van der Waals surface area contributed by atoms with Gasteiger partial charge in [-0.05, 0) is 11.6 Å². The van der Waals surface area contributed by atoms with Gasteiger partial charge in [-0.25, -0.2) is 0 Å². The van der Waals surface area contributed by atoms with Crippen molar-refractivity contribution in [2.75, 3.05) is 0 Å². The van der Waals surface area contributed by atoms with Gasteiger partial charge in [-0.2, -0.15) is 0 Å². The van der Waals surface area contributed by atoms with Crippen molar-refractivity contribution in [2.45, 2.75) is 3.23 Å². The lowest BCUT2D eigenvalue weighted by Crippen LogP contribution is -2.29. The lowest BCUT2D eigenvalue weighted by molar-refractivity contribution is -0.117. The standard InChI is InChI=1S/C10H9Br2NO/c11-10(12,9(13)14)7-6-8-4-2-1-3-5-8/h1-7H,(H2,13,14). The van der Waals surface area contributed by atoms with Gasteiger partial charge in [0.1, 0.15) is 0 Å². The van der Waals surface area contributed by atoms with Gasteiger partial charge in [-0.1, -0.05) is 68.3 Å². The molecule has 0 spiro atoms. The second-order valence-corrected chi connectivity index (χ2v) is 6.30. The van der Waals surface area contributed by atoms with Gasteiger partial charge in [0.15, 0.2) is 3.23 Å². The third-order valence-corrected chi connectivity index (χ3v) is 2.92. The summed E-state index contributed by atoms with van der Waals surface area (Å²) in [5.74, 6) is -0.482. The summed E-state index contributed by atoms with van der Waals surface area (Å²) in [5, 5.41) is 0. The first-order chi connectivity index (χ1) is 6.52. The number of benzene rings is 1. The van der Waals surface area contributed by atoms with E-state index in [-0.39, 0.29) is 0 Å².